The van der Waals surface area contributed by atoms with Gasteiger partial charge in [-0.2, -0.15) is 0 Å². The predicted octanol–water partition coefficient (Wildman–Crippen LogP) is 17.2. The summed E-state index contributed by atoms with van der Waals surface area (Å²) in [6.07, 6.45) is 65.9. The van der Waals surface area contributed by atoms with E-state index in [-0.39, 0.29) is 24.9 Å². The molecule has 6 heteroatoms. The Balaban J connectivity index is 4.64. The summed E-state index contributed by atoms with van der Waals surface area (Å²) in [5, 5.41) is 23.8. The minimum atomic E-state index is -0.812. The average Bonchev–Trinajstić information content (AvgIpc) is 3.30. The van der Waals surface area contributed by atoms with Crippen molar-refractivity contribution < 1.29 is 24.5 Å². The highest BCUT2D eigenvalue weighted by Gasteiger charge is 2.23. The molecule has 0 aromatic carbocycles. The second-order valence-corrected chi connectivity index (χ2v) is 19.0. The van der Waals surface area contributed by atoms with Crippen LogP contribution in [0.5, 0.6) is 0 Å². The number of ether oxygens (including phenoxy) is 1. The summed E-state index contributed by atoms with van der Waals surface area (Å²) < 4.78 is 5.89. The zero-order valence-electron chi connectivity index (χ0n) is 43.1. The molecule has 0 heterocycles. The minimum absolute atomic E-state index is 0.00117. The lowest BCUT2D eigenvalue weighted by atomic mass is 10.0. The van der Waals surface area contributed by atoms with Crippen LogP contribution < -0.4 is 5.32 Å². The fourth-order valence-corrected chi connectivity index (χ4v) is 8.40. The first-order valence-corrected chi connectivity index (χ1v) is 28.0. The maximum absolute atomic E-state index is 13.2. The molecule has 0 radical (unpaired) electrons. The Morgan fingerprint density at radius 3 is 1.17 bits per heavy atom. The second kappa shape index (κ2) is 52.5. The number of rotatable bonds is 50. The summed E-state index contributed by atoms with van der Waals surface area (Å²) in [6.45, 7) is 6.37. The third-order valence-electron chi connectivity index (χ3n) is 12.6. The van der Waals surface area contributed by atoms with Crippen molar-refractivity contribution in [2.24, 2.45) is 0 Å². The van der Waals surface area contributed by atoms with Gasteiger partial charge in [-0.05, 0) is 44.9 Å². The van der Waals surface area contributed by atoms with E-state index in [1.165, 1.54) is 161 Å². The van der Waals surface area contributed by atoms with Crippen LogP contribution in [-0.4, -0.2) is 46.9 Å². The number of aliphatic hydroxyl groups is 2. The Kier molecular flexibility index (Phi) is 50.6. The number of aliphatic hydroxyl groups excluding tert-OH is 2. The largest absolute Gasteiger partial charge is 0.461 e. The molecule has 65 heavy (non-hydrogen) atoms. The minimum Gasteiger partial charge on any atom is -0.461 e. The van der Waals surface area contributed by atoms with Crippen molar-refractivity contribution in [1.29, 1.82) is 0 Å². The van der Waals surface area contributed by atoms with E-state index in [1.807, 2.05) is 6.08 Å². The van der Waals surface area contributed by atoms with Crippen LogP contribution in [0.1, 0.15) is 278 Å². The monoisotopic (exact) mass is 910 g/mol. The Morgan fingerprint density at radius 1 is 0.462 bits per heavy atom. The smallest absolute Gasteiger partial charge is 0.306 e. The molecular formula is C59H107NO5. The molecule has 378 valence electrons. The van der Waals surface area contributed by atoms with Gasteiger partial charge in [-0.1, -0.05) is 274 Å². The van der Waals surface area contributed by atoms with Gasteiger partial charge < -0.3 is 20.3 Å². The molecule has 6 nitrogen and oxygen atoms in total. The molecule has 0 saturated heterocycles. The van der Waals surface area contributed by atoms with Crippen molar-refractivity contribution in [3.05, 3.63) is 60.8 Å². The van der Waals surface area contributed by atoms with E-state index in [0.717, 1.165) is 70.6 Å². The van der Waals surface area contributed by atoms with Gasteiger partial charge in [-0.25, -0.2) is 0 Å². The van der Waals surface area contributed by atoms with Crippen LogP contribution in [0.2, 0.25) is 0 Å². The van der Waals surface area contributed by atoms with Crippen molar-refractivity contribution >= 4 is 11.9 Å². The lowest BCUT2D eigenvalue weighted by Crippen LogP contribution is -2.46. The number of amides is 1. The first kappa shape index (κ1) is 62.6. The summed E-state index contributed by atoms with van der Waals surface area (Å²) >= 11 is 0. The van der Waals surface area contributed by atoms with Gasteiger partial charge in [-0.15, -0.1) is 0 Å². The standard InChI is InChI=1S/C59H107NO5/c1-4-7-10-13-16-19-22-25-28-31-33-36-39-42-45-48-51-57(62)56(54-61)60-58(63)53-55(50-47-44-41-38-35-32-29-26-23-20-17-14-11-8-5-2)65-59(64)52-49-46-43-40-37-34-30-27-24-21-18-15-12-9-6-3/h8,11,17,20,26,29,35,38,44,47,55-57,61-62H,4-7,9-10,12-16,18-19,21-25,27-28,30-34,36-37,39-43,45-46,48-54H2,1-3H3,(H,60,63)/b11-8-,20-17-,29-26-,38-35-,47-44-. The van der Waals surface area contributed by atoms with Gasteiger partial charge in [0.05, 0.1) is 25.2 Å². The summed E-state index contributed by atoms with van der Waals surface area (Å²) in [7, 11) is 0. The summed E-state index contributed by atoms with van der Waals surface area (Å²) in [5.74, 6) is -0.570. The van der Waals surface area contributed by atoms with Gasteiger partial charge in [0.1, 0.15) is 6.10 Å². The lowest BCUT2D eigenvalue weighted by molar-refractivity contribution is -0.150. The topological polar surface area (TPSA) is 95.9 Å². The van der Waals surface area contributed by atoms with Crippen molar-refractivity contribution in [2.75, 3.05) is 6.61 Å². The summed E-state index contributed by atoms with van der Waals surface area (Å²) in [5.41, 5.74) is 0. The number of carbonyl (C=O) groups excluding carboxylic acids is 2. The molecule has 0 fully saturated rings. The van der Waals surface area contributed by atoms with Gasteiger partial charge in [0.25, 0.3) is 0 Å². The first-order chi connectivity index (χ1) is 32.0. The number of nitrogens with one attached hydrogen (secondary N) is 1. The fraction of sp³-hybridized carbons (Fsp3) is 0.797. The Morgan fingerprint density at radius 2 is 0.800 bits per heavy atom. The molecule has 0 aliphatic carbocycles. The van der Waals surface area contributed by atoms with Gasteiger partial charge in [0.2, 0.25) is 5.91 Å². The van der Waals surface area contributed by atoms with Crippen molar-refractivity contribution in [1.82, 2.24) is 5.32 Å². The average molecular weight is 911 g/mol. The third-order valence-corrected chi connectivity index (χ3v) is 12.6. The number of unbranched alkanes of at least 4 members (excludes halogenated alkanes) is 29. The molecule has 3 unspecified atom stereocenters. The van der Waals surface area contributed by atoms with Crippen LogP contribution in [0, 0.1) is 0 Å². The zero-order chi connectivity index (χ0) is 47.4. The molecule has 0 aromatic rings. The molecule has 0 spiro atoms. The van der Waals surface area contributed by atoms with Crippen LogP contribution in [0.15, 0.2) is 60.8 Å². The van der Waals surface area contributed by atoms with Crippen LogP contribution in [0.3, 0.4) is 0 Å². The highest BCUT2D eigenvalue weighted by atomic mass is 16.5. The van der Waals surface area contributed by atoms with Gasteiger partial charge in [-0.3, -0.25) is 9.59 Å². The molecule has 0 aliphatic rings. The summed E-state index contributed by atoms with van der Waals surface area (Å²) in [4.78, 5) is 26.2. The predicted molar refractivity (Wildman–Crippen MR) is 282 cm³/mol. The Bertz CT molecular complexity index is 1160. The Hall–Kier alpha value is -2.44. The molecule has 1 amide bonds. The van der Waals surface area contributed by atoms with E-state index in [9.17, 15) is 19.8 Å². The molecule has 3 atom stereocenters. The quantitative estimate of drug-likeness (QED) is 0.0321. The van der Waals surface area contributed by atoms with Crippen LogP contribution in [-0.2, 0) is 14.3 Å². The van der Waals surface area contributed by atoms with Crippen LogP contribution in [0.25, 0.3) is 0 Å². The molecule has 0 aliphatic heterocycles. The van der Waals surface area contributed by atoms with E-state index in [2.05, 4.69) is 80.8 Å². The van der Waals surface area contributed by atoms with Gasteiger partial charge in [0.15, 0.2) is 0 Å². The number of hydrogen-bond acceptors (Lipinski definition) is 5. The maximum Gasteiger partial charge on any atom is 0.306 e. The van der Waals surface area contributed by atoms with E-state index in [4.69, 9.17) is 4.74 Å². The molecular weight excluding hydrogens is 803 g/mol. The van der Waals surface area contributed by atoms with Crippen LogP contribution in [0.4, 0.5) is 0 Å². The van der Waals surface area contributed by atoms with E-state index >= 15 is 0 Å². The normalized spacial score (nSPS) is 13.6. The molecule has 0 bridgehead atoms. The molecule has 3 N–H and O–H groups in total. The molecule has 0 saturated carbocycles. The number of hydrogen-bond donors (Lipinski definition) is 3. The van der Waals surface area contributed by atoms with Crippen molar-refractivity contribution in [2.45, 2.75) is 296 Å². The van der Waals surface area contributed by atoms with Gasteiger partial charge in [0, 0.05) is 12.8 Å². The lowest BCUT2D eigenvalue weighted by Gasteiger charge is -2.24. The van der Waals surface area contributed by atoms with E-state index < -0.39 is 18.2 Å². The fourth-order valence-electron chi connectivity index (χ4n) is 8.40. The van der Waals surface area contributed by atoms with Gasteiger partial charge >= 0.3 is 5.97 Å². The summed E-state index contributed by atoms with van der Waals surface area (Å²) in [6, 6.07) is -0.732. The highest BCUT2D eigenvalue weighted by Crippen LogP contribution is 2.17. The zero-order valence-corrected chi connectivity index (χ0v) is 43.1. The number of carbonyl (C=O) groups is 2. The van der Waals surface area contributed by atoms with Crippen molar-refractivity contribution in [3.8, 4) is 0 Å². The number of allylic oxidation sites excluding steroid dienone is 9. The molecule has 0 rings (SSSR count). The third kappa shape index (κ3) is 47.8. The van der Waals surface area contributed by atoms with Crippen LogP contribution >= 0.6 is 0 Å². The highest BCUT2D eigenvalue weighted by molar-refractivity contribution is 5.77. The maximum atomic E-state index is 13.2. The van der Waals surface area contributed by atoms with E-state index in [0.29, 0.717) is 19.3 Å². The second-order valence-electron chi connectivity index (χ2n) is 19.0. The Labute approximate surface area is 403 Å². The first-order valence-electron chi connectivity index (χ1n) is 28.0. The molecule has 0 aromatic heterocycles. The SMILES string of the molecule is CC/C=C\C/C=C\C/C=C\C/C=C\C/C=C\CC(CC(=O)NC(CO)C(O)CCCCCCCCCCCCCCCCCC)OC(=O)CCCCCCCCCCCCCCCCC. The van der Waals surface area contributed by atoms with Crippen molar-refractivity contribution in [3.63, 3.8) is 0 Å². The van der Waals surface area contributed by atoms with E-state index in [1.54, 1.807) is 0 Å². The number of esters is 1.